The van der Waals surface area contributed by atoms with Crippen LogP contribution >= 0.6 is 0 Å². The normalized spacial score (nSPS) is 19.7. The zero-order valence-electron chi connectivity index (χ0n) is 23.4. The van der Waals surface area contributed by atoms with Crippen molar-refractivity contribution in [3.8, 4) is 22.4 Å². The molecule has 0 saturated carbocycles. The van der Waals surface area contributed by atoms with Crippen molar-refractivity contribution < 1.29 is 18.4 Å². The predicted molar refractivity (Wildman–Crippen MR) is 152 cm³/mol. The molecule has 2 fully saturated rings. The number of nitrogen functional groups attached to an aromatic ring is 1. The minimum Gasteiger partial charge on any atom is -0.383 e. The summed E-state index contributed by atoms with van der Waals surface area (Å²) >= 11 is 0. The van der Waals surface area contributed by atoms with Crippen LogP contribution in [0.3, 0.4) is 0 Å². The number of pyridine rings is 1. The number of hydrogen-bond donors (Lipinski definition) is 2. The van der Waals surface area contributed by atoms with Crippen molar-refractivity contribution in [1.29, 1.82) is 0 Å². The lowest BCUT2D eigenvalue weighted by atomic mass is 9.85. The molecule has 1 aromatic carbocycles. The van der Waals surface area contributed by atoms with Crippen molar-refractivity contribution in [3.05, 3.63) is 77.3 Å². The number of aromatic nitrogens is 7. The minimum atomic E-state index is -0.704. The summed E-state index contributed by atoms with van der Waals surface area (Å²) in [6.45, 7) is 3.21. The monoisotopic (exact) mass is 583 g/mol. The summed E-state index contributed by atoms with van der Waals surface area (Å²) in [5.41, 5.74) is 9.77. The van der Waals surface area contributed by atoms with Crippen LogP contribution in [0.1, 0.15) is 71.0 Å². The van der Waals surface area contributed by atoms with Gasteiger partial charge in [0, 0.05) is 47.0 Å². The molecule has 7 rings (SSSR count). The van der Waals surface area contributed by atoms with Crippen molar-refractivity contribution in [1.82, 2.24) is 39.7 Å². The standard InChI is InChI=1S/C30H27F2N9O2/c1-14(42)25-26(17-9-19-5-6-20(10-17)40(19)30(43)28-36-15(2)38-39-28)37-29-22(13-35-41(29)27(25)33)16-3-8-24(34-12-16)21-7-4-18(31)11-23(21)32/h3-4,7-8,11-13,17,19-20H,5-6,9-10,33H2,1-2H3,(H,36,38,39). The molecule has 2 bridgehead atoms. The number of fused-ring (bicyclic) bond motifs is 3. The van der Waals surface area contributed by atoms with Gasteiger partial charge in [0.2, 0.25) is 5.82 Å². The molecule has 4 aromatic heterocycles. The van der Waals surface area contributed by atoms with E-state index in [1.54, 1.807) is 31.5 Å². The van der Waals surface area contributed by atoms with E-state index in [1.165, 1.54) is 23.6 Å². The highest BCUT2D eigenvalue weighted by atomic mass is 19.1. The first-order chi connectivity index (χ1) is 20.7. The van der Waals surface area contributed by atoms with E-state index in [2.05, 4.69) is 25.3 Å². The van der Waals surface area contributed by atoms with Gasteiger partial charge in [-0.05, 0) is 57.7 Å². The Kier molecular flexibility index (Phi) is 6.26. The molecule has 6 heterocycles. The van der Waals surface area contributed by atoms with Gasteiger partial charge in [0.05, 0.1) is 23.1 Å². The first-order valence-corrected chi connectivity index (χ1v) is 14.0. The molecular formula is C30H27F2N9O2. The Morgan fingerprint density at radius 3 is 2.42 bits per heavy atom. The number of aryl methyl sites for hydroxylation is 1. The second-order valence-corrected chi connectivity index (χ2v) is 11.2. The lowest BCUT2D eigenvalue weighted by molar-refractivity contribution is 0.0556. The lowest BCUT2D eigenvalue weighted by Crippen LogP contribution is -2.46. The van der Waals surface area contributed by atoms with Crippen LogP contribution in [0.15, 0.2) is 42.7 Å². The fraction of sp³-hybridized carbons (Fsp3) is 0.300. The Labute approximate surface area is 244 Å². The quantitative estimate of drug-likeness (QED) is 0.288. The van der Waals surface area contributed by atoms with Crippen LogP contribution in [-0.2, 0) is 0 Å². The number of piperidine rings is 1. The lowest BCUT2D eigenvalue weighted by Gasteiger charge is -2.38. The Bertz CT molecular complexity index is 1900. The van der Waals surface area contributed by atoms with E-state index in [0.717, 1.165) is 18.9 Å². The van der Waals surface area contributed by atoms with Gasteiger partial charge in [-0.25, -0.2) is 13.8 Å². The molecule has 2 unspecified atom stereocenters. The van der Waals surface area contributed by atoms with Gasteiger partial charge in [-0.3, -0.25) is 14.6 Å². The molecule has 2 saturated heterocycles. The SMILES string of the molecule is CC(=O)c1c(C2CC3CCC(C2)N3C(=O)c2nnc(C)[nH]2)nc2c(-c3ccc(-c4ccc(F)cc4F)nc3)cnn2c1N. The van der Waals surface area contributed by atoms with Gasteiger partial charge >= 0.3 is 0 Å². The molecule has 0 spiro atoms. The molecule has 1 amide bonds. The molecule has 218 valence electrons. The van der Waals surface area contributed by atoms with Crippen molar-refractivity contribution in [2.45, 2.75) is 57.5 Å². The number of nitrogens with two attached hydrogens (primary N) is 1. The van der Waals surface area contributed by atoms with E-state index >= 15 is 0 Å². The summed E-state index contributed by atoms with van der Waals surface area (Å²) in [6, 6.07) is 6.68. The number of benzene rings is 1. The van der Waals surface area contributed by atoms with Crippen LogP contribution in [0.2, 0.25) is 0 Å². The van der Waals surface area contributed by atoms with Gasteiger partial charge in [-0.15, -0.1) is 10.2 Å². The molecular weight excluding hydrogens is 556 g/mol. The van der Waals surface area contributed by atoms with Crippen LogP contribution in [0.4, 0.5) is 14.6 Å². The number of rotatable bonds is 5. The number of H-pyrrole nitrogens is 1. The van der Waals surface area contributed by atoms with Gasteiger partial charge < -0.3 is 15.6 Å². The zero-order valence-corrected chi connectivity index (χ0v) is 23.4. The molecule has 2 atom stereocenters. The average molecular weight is 584 g/mol. The van der Waals surface area contributed by atoms with E-state index < -0.39 is 11.6 Å². The number of carbonyl (C=O) groups is 2. The third-order valence-corrected chi connectivity index (χ3v) is 8.50. The number of ketones is 1. The maximum atomic E-state index is 14.3. The molecule has 0 aliphatic carbocycles. The van der Waals surface area contributed by atoms with Gasteiger partial charge in [-0.1, -0.05) is 6.07 Å². The number of aromatic amines is 1. The third kappa shape index (κ3) is 4.42. The first kappa shape index (κ1) is 26.8. The zero-order chi connectivity index (χ0) is 30.0. The summed E-state index contributed by atoms with van der Waals surface area (Å²) < 4.78 is 29.2. The van der Waals surface area contributed by atoms with Crippen molar-refractivity contribution >= 4 is 23.2 Å². The number of Topliss-reactive ketones (excluding diaryl/α,β-unsaturated/α-hetero) is 1. The summed E-state index contributed by atoms with van der Waals surface area (Å²) in [4.78, 5) is 40.4. The minimum absolute atomic E-state index is 0.0336. The number of halogens is 2. The summed E-state index contributed by atoms with van der Waals surface area (Å²) in [5, 5.41) is 12.3. The maximum absolute atomic E-state index is 14.3. The first-order valence-electron chi connectivity index (χ1n) is 14.0. The van der Waals surface area contributed by atoms with Gasteiger partial charge in [0.15, 0.2) is 11.4 Å². The molecule has 2 aliphatic heterocycles. The van der Waals surface area contributed by atoms with E-state index in [1.807, 2.05) is 4.90 Å². The fourth-order valence-corrected chi connectivity index (χ4v) is 6.60. The average Bonchev–Trinajstić information content (AvgIpc) is 3.68. The Morgan fingerprint density at radius 1 is 1.02 bits per heavy atom. The van der Waals surface area contributed by atoms with Gasteiger partial charge in [-0.2, -0.15) is 9.61 Å². The maximum Gasteiger partial charge on any atom is 0.292 e. The number of nitrogens with zero attached hydrogens (tertiary/aromatic N) is 7. The fourth-order valence-electron chi connectivity index (χ4n) is 6.60. The van der Waals surface area contributed by atoms with Crippen molar-refractivity contribution in [2.75, 3.05) is 5.73 Å². The van der Waals surface area contributed by atoms with E-state index in [-0.39, 0.29) is 46.9 Å². The molecule has 3 N–H and O–H groups in total. The summed E-state index contributed by atoms with van der Waals surface area (Å²) in [6.07, 6.45) is 6.12. The second kappa shape index (κ2) is 10.0. The van der Waals surface area contributed by atoms with Crippen LogP contribution in [0, 0.1) is 18.6 Å². The Balaban J connectivity index is 1.24. The summed E-state index contributed by atoms with van der Waals surface area (Å²) in [5.74, 6) is -0.854. The molecule has 43 heavy (non-hydrogen) atoms. The highest BCUT2D eigenvalue weighted by molar-refractivity contribution is 6.00. The van der Waals surface area contributed by atoms with E-state index in [0.29, 0.717) is 52.4 Å². The summed E-state index contributed by atoms with van der Waals surface area (Å²) in [7, 11) is 0. The van der Waals surface area contributed by atoms with Crippen LogP contribution in [0.25, 0.3) is 28.0 Å². The smallest absolute Gasteiger partial charge is 0.292 e. The molecule has 2 aliphatic rings. The van der Waals surface area contributed by atoms with Gasteiger partial charge in [0.25, 0.3) is 5.91 Å². The number of hydrogen-bond acceptors (Lipinski definition) is 8. The van der Waals surface area contributed by atoms with Gasteiger partial charge in [0.1, 0.15) is 23.3 Å². The molecule has 5 aromatic rings. The third-order valence-electron chi connectivity index (χ3n) is 8.50. The topological polar surface area (TPSA) is 148 Å². The highest BCUT2D eigenvalue weighted by Gasteiger charge is 2.46. The number of anilines is 1. The highest BCUT2D eigenvalue weighted by Crippen LogP contribution is 2.45. The second-order valence-electron chi connectivity index (χ2n) is 11.2. The largest absolute Gasteiger partial charge is 0.383 e. The Morgan fingerprint density at radius 2 is 1.79 bits per heavy atom. The van der Waals surface area contributed by atoms with Crippen molar-refractivity contribution in [3.63, 3.8) is 0 Å². The predicted octanol–water partition coefficient (Wildman–Crippen LogP) is 4.50. The van der Waals surface area contributed by atoms with Crippen LogP contribution in [-0.4, -0.2) is 63.4 Å². The Hall–Kier alpha value is -5.07. The molecule has 11 nitrogen and oxygen atoms in total. The number of amides is 1. The molecule has 13 heteroatoms. The van der Waals surface area contributed by atoms with E-state index in [4.69, 9.17) is 10.7 Å². The van der Waals surface area contributed by atoms with E-state index in [9.17, 15) is 18.4 Å². The van der Waals surface area contributed by atoms with Crippen molar-refractivity contribution in [2.24, 2.45) is 0 Å². The number of carbonyl (C=O) groups excluding carboxylic acids is 2. The molecule has 0 radical (unpaired) electrons. The van der Waals surface area contributed by atoms with Crippen LogP contribution < -0.4 is 5.73 Å². The number of nitrogens with one attached hydrogen (secondary N) is 1. The van der Waals surface area contributed by atoms with Crippen LogP contribution in [0.5, 0.6) is 0 Å².